The number of carbonyl (C=O) groups is 1. The van der Waals surface area contributed by atoms with E-state index < -0.39 is 12.1 Å². The van der Waals surface area contributed by atoms with E-state index in [9.17, 15) is 15.0 Å². The molecule has 0 heterocycles. The molecule has 0 saturated heterocycles. The molecule has 3 N–H and O–H groups in total. The van der Waals surface area contributed by atoms with Crippen molar-refractivity contribution in [3.63, 3.8) is 0 Å². The monoisotopic (exact) mass is 1020 g/mol. The Labute approximate surface area is 459 Å². The highest BCUT2D eigenvalue weighted by molar-refractivity contribution is 5.76. The van der Waals surface area contributed by atoms with Gasteiger partial charge in [0.15, 0.2) is 0 Å². The van der Waals surface area contributed by atoms with E-state index in [1.54, 1.807) is 6.08 Å². The molecule has 4 heteroatoms. The van der Waals surface area contributed by atoms with Gasteiger partial charge >= 0.3 is 0 Å². The number of allylic oxidation sites excluding steroid dienone is 23. The molecule has 0 spiro atoms. The summed E-state index contributed by atoms with van der Waals surface area (Å²) >= 11 is 0. The lowest BCUT2D eigenvalue weighted by Gasteiger charge is -2.19. The van der Waals surface area contributed by atoms with Crippen molar-refractivity contribution >= 4 is 5.91 Å². The highest BCUT2D eigenvalue weighted by Gasteiger charge is 2.17. The molecule has 74 heavy (non-hydrogen) atoms. The molecule has 420 valence electrons. The van der Waals surface area contributed by atoms with Crippen LogP contribution >= 0.6 is 0 Å². The lowest BCUT2D eigenvalue weighted by Crippen LogP contribution is -2.45. The first-order valence-corrected chi connectivity index (χ1v) is 31.0. The highest BCUT2D eigenvalue weighted by Crippen LogP contribution is 2.16. The largest absolute Gasteiger partial charge is 0.394 e. The first kappa shape index (κ1) is 70.3. The van der Waals surface area contributed by atoms with Crippen LogP contribution in [0.25, 0.3) is 0 Å². The first-order valence-electron chi connectivity index (χ1n) is 31.0. The van der Waals surface area contributed by atoms with Gasteiger partial charge in [-0.3, -0.25) is 4.79 Å². The Kier molecular flexibility index (Phi) is 60.4. The molecule has 4 nitrogen and oxygen atoms in total. The number of aliphatic hydroxyl groups excluding tert-OH is 2. The van der Waals surface area contributed by atoms with Gasteiger partial charge < -0.3 is 15.5 Å². The predicted octanol–water partition coefficient (Wildman–Crippen LogP) is 21.1. The topological polar surface area (TPSA) is 69.6 Å². The Bertz CT molecular complexity index is 1530. The van der Waals surface area contributed by atoms with Crippen LogP contribution in [0.4, 0.5) is 0 Å². The van der Waals surface area contributed by atoms with Crippen LogP contribution in [0.3, 0.4) is 0 Å². The molecule has 0 fully saturated rings. The summed E-state index contributed by atoms with van der Waals surface area (Å²) in [5.74, 6) is -0.120. The number of hydrogen-bond donors (Lipinski definition) is 3. The average Bonchev–Trinajstić information content (AvgIpc) is 3.40. The van der Waals surface area contributed by atoms with Gasteiger partial charge in [-0.1, -0.05) is 301 Å². The van der Waals surface area contributed by atoms with Crippen LogP contribution < -0.4 is 5.32 Å². The van der Waals surface area contributed by atoms with E-state index in [1.165, 1.54) is 148 Å². The van der Waals surface area contributed by atoms with Gasteiger partial charge in [0.25, 0.3) is 0 Å². The molecule has 0 aromatic heterocycles. The number of hydrogen-bond acceptors (Lipinski definition) is 3. The molecule has 0 aliphatic rings. The Balaban J connectivity index is 3.69. The van der Waals surface area contributed by atoms with Gasteiger partial charge in [0.1, 0.15) is 0 Å². The Morgan fingerprint density at radius 3 is 0.946 bits per heavy atom. The average molecular weight is 1020 g/mol. The molecule has 0 bridgehead atoms. The van der Waals surface area contributed by atoms with Crippen LogP contribution in [-0.4, -0.2) is 34.9 Å². The SMILES string of the molecule is CC/C=C\C/C=C\C/C=C\C/C=C\C/C=C\C/C=C\C/C=C\C/C=C\C/C=C\C/C=C\CCCCC(=O)NC(CO)C(O)/C=C/CC/C=C/CCCCCCCCCCCCCCCCCCCCCCCCC. The zero-order valence-corrected chi connectivity index (χ0v) is 48.3. The number of amides is 1. The molecular formula is C70H117NO3. The zero-order valence-electron chi connectivity index (χ0n) is 48.3. The molecule has 0 radical (unpaired) electrons. The molecular weight excluding hydrogens is 903 g/mol. The quantitative estimate of drug-likeness (QED) is 0.0420. The lowest BCUT2D eigenvalue weighted by atomic mass is 10.0. The maximum Gasteiger partial charge on any atom is 0.220 e. The van der Waals surface area contributed by atoms with Crippen LogP contribution in [0, 0.1) is 0 Å². The lowest BCUT2D eigenvalue weighted by molar-refractivity contribution is -0.123. The minimum absolute atomic E-state index is 0.120. The second kappa shape index (κ2) is 63.6. The van der Waals surface area contributed by atoms with Gasteiger partial charge in [0.2, 0.25) is 5.91 Å². The van der Waals surface area contributed by atoms with Gasteiger partial charge in [-0.05, 0) is 109 Å². The van der Waals surface area contributed by atoms with Crippen molar-refractivity contribution in [1.29, 1.82) is 0 Å². The van der Waals surface area contributed by atoms with E-state index >= 15 is 0 Å². The molecule has 0 aliphatic carbocycles. The van der Waals surface area contributed by atoms with Crippen LogP contribution in [-0.2, 0) is 4.79 Å². The molecule has 0 rings (SSSR count). The van der Waals surface area contributed by atoms with Gasteiger partial charge in [-0.25, -0.2) is 0 Å². The summed E-state index contributed by atoms with van der Waals surface area (Å²) in [7, 11) is 0. The zero-order chi connectivity index (χ0) is 53.4. The summed E-state index contributed by atoms with van der Waals surface area (Å²) in [4.78, 5) is 12.5. The fourth-order valence-electron chi connectivity index (χ4n) is 8.64. The van der Waals surface area contributed by atoms with Crippen LogP contribution in [0.5, 0.6) is 0 Å². The fourth-order valence-corrected chi connectivity index (χ4v) is 8.64. The van der Waals surface area contributed by atoms with Crippen LogP contribution in [0.15, 0.2) is 146 Å². The van der Waals surface area contributed by atoms with E-state index in [0.29, 0.717) is 6.42 Å². The summed E-state index contributed by atoms with van der Waals surface area (Å²) in [5.41, 5.74) is 0. The van der Waals surface area contributed by atoms with E-state index in [-0.39, 0.29) is 12.5 Å². The normalized spacial score (nSPS) is 13.8. The Hall–Kier alpha value is -3.73. The van der Waals surface area contributed by atoms with Gasteiger partial charge in [-0.15, -0.1) is 0 Å². The van der Waals surface area contributed by atoms with Crippen molar-refractivity contribution in [2.45, 2.75) is 283 Å². The summed E-state index contributed by atoms with van der Waals surface area (Å²) in [5, 5.41) is 23.2. The fraction of sp³-hybridized carbons (Fsp3) is 0.643. The molecule has 0 aliphatic heterocycles. The summed E-state index contributed by atoms with van der Waals surface area (Å²) in [6, 6.07) is -0.676. The van der Waals surface area contributed by atoms with E-state index in [1.807, 2.05) is 6.08 Å². The maximum absolute atomic E-state index is 12.5. The standard InChI is InChI=1S/C70H117NO3/c1-3-5-7-9-11-13-15-17-19-21-23-25-27-29-31-33-34-35-36-38-40-42-44-46-48-50-52-54-56-58-60-62-64-66-70(74)71-68(67-72)69(73)65-63-61-59-57-55-53-51-49-47-45-43-41-39-37-32-30-28-26-24-22-20-18-16-14-12-10-8-6-4-2/h5,7,11,13,17,19,23,25,29,31,34-35,38,40,44,46,50,52,55-58,63,65,68-69,72-73H,3-4,6,8-10,12,14-16,18,20-22,24,26-28,30,32-33,36-37,39,41-43,45,47-49,51,53-54,59-62,64,66-67H2,1-2H3,(H,71,74)/b7-5-,13-11-,19-17-,25-23-,31-29-,35-34-,40-38-,46-44-,52-50-,57-55+,58-56-,65-63+. The number of unbranched alkanes of at least 4 members (excludes halogenated alkanes) is 26. The Morgan fingerprint density at radius 1 is 0.338 bits per heavy atom. The maximum atomic E-state index is 12.5. The summed E-state index contributed by atoms with van der Waals surface area (Å²) in [6.45, 7) is 4.18. The summed E-state index contributed by atoms with van der Waals surface area (Å²) in [6.07, 6.45) is 100. The third kappa shape index (κ3) is 59.2. The van der Waals surface area contributed by atoms with Crippen LogP contribution in [0.1, 0.15) is 271 Å². The van der Waals surface area contributed by atoms with E-state index in [2.05, 4.69) is 153 Å². The molecule has 0 aromatic rings. The van der Waals surface area contributed by atoms with Gasteiger partial charge in [-0.2, -0.15) is 0 Å². The summed E-state index contributed by atoms with van der Waals surface area (Å²) < 4.78 is 0. The third-order valence-electron chi connectivity index (χ3n) is 13.3. The number of nitrogens with one attached hydrogen (secondary N) is 1. The number of rotatable bonds is 55. The van der Waals surface area contributed by atoms with Crippen LogP contribution in [0.2, 0.25) is 0 Å². The molecule has 1 amide bonds. The van der Waals surface area contributed by atoms with Gasteiger partial charge in [0.05, 0.1) is 18.8 Å². The second-order valence-corrected chi connectivity index (χ2v) is 20.4. The van der Waals surface area contributed by atoms with Crippen molar-refractivity contribution < 1.29 is 15.0 Å². The van der Waals surface area contributed by atoms with Crippen molar-refractivity contribution in [2.24, 2.45) is 0 Å². The van der Waals surface area contributed by atoms with Crippen molar-refractivity contribution in [3.8, 4) is 0 Å². The minimum Gasteiger partial charge on any atom is -0.394 e. The predicted molar refractivity (Wildman–Crippen MR) is 331 cm³/mol. The molecule has 0 saturated carbocycles. The Morgan fingerprint density at radius 2 is 0.608 bits per heavy atom. The van der Waals surface area contributed by atoms with Crippen molar-refractivity contribution in [2.75, 3.05) is 6.61 Å². The smallest absolute Gasteiger partial charge is 0.220 e. The number of carbonyl (C=O) groups excluding carboxylic acids is 1. The van der Waals surface area contributed by atoms with Crippen molar-refractivity contribution in [1.82, 2.24) is 5.32 Å². The highest BCUT2D eigenvalue weighted by atomic mass is 16.3. The van der Waals surface area contributed by atoms with E-state index in [0.717, 1.165) is 103 Å². The number of aliphatic hydroxyl groups is 2. The molecule has 2 atom stereocenters. The minimum atomic E-state index is -0.894. The molecule has 2 unspecified atom stereocenters. The van der Waals surface area contributed by atoms with E-state index in [4.69, 9.17) is 0 Å². The van der Waals surface area contributed by atoms with Crippen molar-refractivity contribution in [3.05, 3.63) is 146 Å². The van der Waals surface area contributed by atoms with Gasteiger partial charge in [0, 0.05) is 6.42 Å². The molecule has 0 aromatic carbocycles. The second-order valence-electron chi connectivity index (χ2n) is 20.4. The first-order chi connectivity index (χ1) is 36.7. The third-order valence-corrected chi connectivity index (χ3v) is 13.3.